The first-order chi connectivity index (χ1) is 8.84. The monoisotopic (exact) mass is 250 g/mol. The van der Waals surface area contributed by atoms with Crippen LogP contribution in [0.2, 0.25) is 0 Å². The van der Waals surface area contributed by atoms with Gasteiger partial charge in [0.1, 0.15) is 0 Å². The molecular weight excluding hydrogens is 220 g/mol. The standard InChI is InChI=1S/C16H30N2/c17-15-8-3-6-13(15)10-12-18-11-4-7-14-5-1-2-9-16(14)18/h13-16H,1-12,17H2. The fourth-order valence-corrected chi connectivity index (χ4v) is 4.76. The Kier molecular flexibility index (Phi) is 4.25. The van der Waals surface area contributed by atoms with E-state index in [2.05, 4.69) is 4.90 Å². The van der Waals surface area contributed by atoms with Crippen LogP contribution in [0.1, 0.15) is 64.2 Å². The molecule has 0 amide bonds. The predicted molar refractivity (Wildman–Crippen MR) is 76.5 cm³/mol. The van der Waals surface area contributed by atoms with Crippen molar-refractivity contribution in [3.05, 3.63) is 0 Å². The maximum Gasteiger partial charge on any atom is 0.0123 e. The molecule has 1 saturated heterocycles. The molecule has 3 fully saturated rings. The minimum atomic E-state index is 0.511. The maximum absolute atomic E-state index is 6.21. The number of nitrogens with zero attached hydrogens (tertiary/aromatic N) is 1. The van der Waals surface area contributed by atoms with Crippen LogP contribution in [0.25, 0.3) is 0 Å². The number of nitrogens with two attached hydrogens (primary N) is 1. The van der Waals surface area contributed by atoms with Crippen molar-refractivity contribution in [2.75, 3.05) is 13.1 Å². The fraction of sp³-hybridized carbons (Fsp3) is 1.00. The lowest BCUT2D eigenvalue weighted by atomic mass is 9.78. The summed E-state index contributed by atoms with van der Waals surface area (Å²) in [6, 6.07) is 1.45. The van der Waals surface area contributed by atoms with Crippen LogP contribution >= 0.6 is 0 Å². The first-order valence-electron chi connectivity index (χ1n) is 8.34. The Labute approximate surface area is 112 Å². The van der Waals surface area contributed by atoms with Gasteiger partial charge in [0.05, 0.1) is 0 Å². The molecule has 0 aromatic rings. The Morgan fingerprint density at radius 1 is 0.889 bits per heavy atom. The third-order valence-electron chi connectivity index (χ3n) is 5.86. The predicted octanol–water partition coefficient (Wildman–Crippen LogP) is 3.16. The molecule has 0 radical (unpaired) electrons. The van der Waals surface area contributed by atoms with Gasteiger partial charge in [0.15, 0.2) is 0 Å². The molecule has 3 rings (SSSR count). The van der Waals surface area contributed by atoms with Crippen molar-refractivity contribution in [2.45, 2.75) is 76.3 Å². The van der Waals surface area contributed by atoms with Gasteiger partial charge in [-0.15, -0.1) is 0 Å². The van der Waals surface area contributed by atoms with Crippen molar-refractivity contribution in [1.29, 1.82) is 0 Å². The van der Waals surface area contributed by atoms with Gasteiger partial charge in [-0.2, -0.15) is 0 Å². The smallest absolute Gasteiger partial charge is 0.0123 e. The Bertz CT molecular complexity index is 264. The van der Waals surface area contributed by atoms with Crippen LogP contribution in [-0.2, 0) is 0 Å². The molecule has 104 valence electrons. The highest BCUT2D eigenvalue weighted by Gasteiger charge is 2.33. The quantitative estimate of drug-likeness (QED) is 0.833. The molecule has 1 heterocycles. The molecule has 0 spiro atoms. The van der Waals surface area contributed by atoms with Gasteiger partial charge in [-0.1, -0.05) is 19.3 Å². The highest BCUT2D eigenvalue weighted by Crippen LogP contribution is 2.36. The van der Waals surface area contributed by atoms with Crippen molar-refractivity contribution in [3.8, 4) is 0 Å². The SMILES string of the molecule is NC1CCCC1CCN1CCCC2CCCCC21. The zero-order valence-electron chi connectivity index (χ0n) is 11.8. The Balaban J connectivity index is 1.51. The van der Waals surface area contributed by atoms with Crippen LogP contribution in [0.15, 0.2) is 0 Å². The number of rotatable bonds is 3. The lowest BCUT2D eigenvalue weighted by Crippen LogP contribution is -2.47. The van der Waals surface area contributed by atoms with E-state index in [4.69, 9.17) is 5.73 Å². The number of fused-ring (bicyclic) bond motifs is 1. The molecule has 1 aliphatic heterocycles. The van der Waals surface area contributed by atoms with Crippen molar-refractivity contribution < 1.29 is 0 Å². The van der Waals surface area contributed by atoms with Crippen molar-refractivity contribution in [2.24, 2.45) is 17.6 Å². The summed E-state index contributed by atoms with van der Waals surface area (Å²) < 4.78 is 0. The summed E-state index contributed by atoms with van der Waals surface area (Å²) in [6.45, 7) is 2.70. The first kappa shape index (κ1) is 12.9. The minimum Gasteiger partial charge on any atom is -0.327 e. The van der Waals surface area contributed by atoms with E-state index in [0.29, 0.717) is 6.04 Å². The van der Waals surface area contributed by atoms with Crippen molar-refractivity contribution >= 4 is 0 Å². The molecule has 3 aliphatic rings. The molecule has 4 atom stereocenters. The zero-order valence-corrected chi connectivity index (χ0v) is 11.8. The van der Waals surface area contributed by atoms with E-state index in [0.717, 1.165) is 17.9 Å². The van der Waals surface area contributed by atoms with Crippen LogP contribution in [0.5, 0.6) is 0 Å². The summed E-state index contributed by atoms with van der Waals surface area (Å²) in [7, 11) is 0. The van der Waals surface area contributed by atoms with Crippen LogP contribution in [0.4, 0.5) is 0 Å². The lowest BCUT2D eigenvalue weighted by molar-refractivity contribution is 0.0559. The molecule has 2 N–H and O–H groups in total. The molecule has 2 heteroatoms. The van der Waals surface area contributed by atoms with Crippen LogP contribution in [0, 0.1) is 11.8 Å². The Morgan fingerprint density at radius 2 is 1.72 bits per heavy atom. The van der Waals surface area contributed by atoms with Gasteiger partial charge in [-0.05, 0) is 69.9 Å². The summed E-state index contributed by atoms with van der Waals surface area (Å²) in [5.74, 6) is 1.86. The van der Waals surface area contributed by atoms with E-state index in [1.54, 1.807) is 0 Å². The van der Waals surface area contributed by atoms with Gasteiger partial charge >= 0.3 is 0 Å². The van der Waals surface area contributed by atoms with E-state index >= 15 is 0 Å². The van der Waals surface area contributed by atoms with Crippen LogP contribution < -0.4 is 5.73 Å². The van der Waals surface area contributed by atoms with Gasteiger partial charge in [-0.25, -0.2) is 0 Å². The first-order valence-corrected chi connectivity index (χ1v) is 8.34. The Hall–Kier alpha value is -0.0800. The van der Waals surface area contributed by atoms with E-state index in [1.165, 1.54) is 77.3 Å². The second-order valence-electron chi connectivity index (χ2n) is 6.93. The van der Waals surface area contributed by atoms with Crippen molar-refractivity contribution in [3.63, 3.8) is 0 Å². The van der Waals surface area contributed by atoms with Gasteiger partial charge in [0.2, 0.25) is 0 Å². The van der Waals surface area contributed by atoms with E-state index in [9.17, 15) is 0 Å². The molecule has 0 aromatic heterocycles. The largest absolute Gasteiger partial charge is 0.327 e. The molecule has 2 nitrogen and oxygen atoms in total. The van der Waals surface area contributed by atoms with Crippen LogP contribution in [-0.4, -0.2) is 30.1 Å². The molecule has 18 heavy (non-hydrogen) atoms. The third-order valence-corrected chi connectivity index (χ3v) is 5.86. The second-order valence-corrected chi connectivity index (χ2v) is 6.93. The van der Waals surface area contributed by atoms with E-state index in [1.807, 2.05) is 0 Å². The number of piperidine rings is 1. The summed E-state index contributed by atoms with van der Waals surface area (Å²) in [6.07, 6.45) is 14.3. The molecular formula is C16H30N2. The summed E-state index contributed by atoms with van der Waals surface area (Å²) in [5, 5.41) is 0. The van der Waals surface area contributed by atoms with Gasteiger partial charge in [0, 0.05) is 12.1 Å². The average molecular weight is 250 g/mol. The molecule has 4 unspecified atom stereocenters. The van der Waals surface area contributed by atoms with Crippen molar-refractivity contribution in [1.82, 2.24) is 4.90 Å². The minimum absolute atomic E-state index is 0.511. The van der Waals surface area contributed by atoms with Gasteiger partial charge < -0.3 is 10.6 Å². The second kappa shape index (κ2) is 5.92. The molecule has 0 aromatic carbocycles. The van der Waals surface area contributed by atoms with E-state index < -0.39 is 0 Å². The normalized spacial score (nSPS) is 41.8. The van der Waals surface area contributed by atoms with E-state index in [-0.39, 0.29) is 0 Å². The van der Waals surface area contributed by atoms with Gasteiger partial charge in [0.25, 0.3) is 0 Å². The molecule has 2 aliphatic carbocycles. The Morgan fingerprint density at radius 3 is 2.56 bits per heavy atom. The number of hydrogen-bond donors (Lipinski definition) is 1. The summed E-state index contributed by atoms with van der Waals surface area (Å²) >= 11 is 0. The number of hydrogen-bond acceptors (Lipinski definition) is 2. The summed E-state index contributed by atoms with van der Waals surface area (Å²) in [4.78, 5) is 2.83. The fourth-order valence-electron chi connectivity index (χ4n) is 4.76. The third kappa shape index (κ3) is 2.75. The highest BCUT2D eigenvalue weighted by atomic mass is 15.2. The summed E-state index contributed by atoms with van der Waals surface area (Å²) in [5.41, 5.74) is 6.21. The highest BCUT2D eigenvalue weighted by molar-refractivity contribution is 4.88. The topological polar surface area (TPSA) is 29.3 Å². The van der Waals surface area contributed by atoms with Crippen LogP contribution in [0.3, 0.4) is 0 Å². The van der Waals surface area contributed by atoms with Gasteiger partial charge in [-0.3, -0.25) is 0 Å². The molecule has 0 bridgehead atoms. The number of likely N-dealkylation sites (tertiary alicyclic amines) is 1. The maximum atomic E-state index is 6.21. The molecule has 2 saturated carbocycles. The lowest BCUT2D eigenvalue weighted by Gasteiger charge is -2.44. The zero-order chi connectivity index (χ0) is 12.4. The average Bonchev–Trinajstić information content (AvgIpc) is 2.82.